The van der Waals surface area contributed by atoms with Gasteiger partial charge in [0.15, 0.2) is 11.5 Å². The quantitative estimate of drug-likeness (QED) is 0.392. The van der Waals surface area contributed by atoms with E-state index < -0.39 is 0 Å². The molecule has 2 aromatic heterocycles. The van der Waals surface area contributed by atoms with Gasteiger partial charge in [-0.15, -0.1) is 10.2 Å². The third-order valence-electron chi connectivity index (χ3n) is 4.09. The highest BCUT2D eigenvalue weighted by Gasteiger charge is 2.14. The number of nitrogen functional groups attached to an aromatic ring is 1. The second-order valence-electron chi connectivity index (χ2n) is 6.16. The van der Waals surface area contributed by atoms with Crippen LogP contribution in [0.5, 0.6) is 11.5 Å². The first-order valence-corrected chi connectivity index (χ1v) is 10.1. The van der Waals surface area contributed by atoms with Crippen LogP contribution in [0.25, 0.3) is 11.5 Å². The van der Waals surface area contributed by atoms with Crippen LogP contribution in [0, 0.1) is 0 Å². The standard InChI is InChI=1S/C20H19N7O3S/c1-28-14-9-8-12(10-15(14)29-2)17-26-27-20(30-17)31-11-16-23-18(21)25-19(24-16)22-13-6-4-3-5-7-13/h3-10H,11H2,1-2H3,(H3,21,22,23,24,25). The number of rotatable bonds is 8. The van der Waals surface area contributed by atoms with E-state index in [1.165, 1.54) is 11.8 Å². The van der Waals surface area contributed by atoms with Gasteiger partial charge in [-0.25, -0.2) is 0 Å². The van der Waals surface area contributed by atoms with Crippen LogP contribution in [0.3, 0.4) is 0 Å². The zero-order valence-electron chi connectivity index (χ0n) is 16.8. The van der Waals surface area contributed by atoms with Gasteiger partial charge in [0.25, 0.3) is 5.22 Å². The maximum absolute atomic E-state index is 5.83. The van der Waals surface area contributed by atoms with Crippen molar-refractivity contribution in [2.75, 3.05) is 25.3 Å². The van der Waals surface area contributed by atoms with Crippen molar-refractivity contribution < 1.29 is 13.9 Å². The van der Waals surface area contributed by atoms with E-state index in [1.54, 1.807) is 26.4 Å². The van der Waals surface area contributed by atoms with Crippen molar-refractivity contribution >= 4 is 29.3 Å². The fourth-order valence-corrected chi connectivity index (χ4v) is 3.31. The van der Waals surface area contributed by atoms with Crippen LogP contribution in [-0.4, -0.2) is 39.4 Å². The average molecular weight is 437 g/mol. The Hall–Kier alpha value is -3.86. The topological polar surface area (TPSA) is 134 Å². The highest BCUT2D eigenvalue weighted by Crippen LogP contribution is 2.33. The molecule has 4 aromatic rings. The molecule has 0 spiro atoms. The summed E-state index contributed by atoms with van der Waals surface area (Å²) in [4.78, 5) is 12.7. The lowest BCUT2D eigenvalue weighted by Crippen LogP contribution is -2.06. The Labute approximate surface area is 182 Å². The van der Waals surface area contributed by atoms with Crippen LogP contribution in [0.4, 0.5) is 17.6 Å². The van der Waals surface area contributed by atoms with Crippen LogP contribution in [0.2, 0.25) is 0 Å². The molecule has 0 aliphatic heterocycles. The van der Waals surface area contributed by atoms with E-state index in [-0.39, 0.29) is 5.95 Å². The van der Waals surface area contributed by atoms with Gasteiger partial charge in [-0.1, -0.05) is 30.0 Å². The van der Waals surface area contributed by atoms with E-state index in [0.717, 1.165) is 11.3 Å². The lowest BCUT2D eigenvalue weighted by molar-refractivity contribution is 0.355. The SMILES string of the molecule is COc1ccc(-c2nnc(SCc3nc(N)nc(Nc4ccccc4)n3)o2)cc1OC. The maximum atomic E-state index is 5.83. The molecule has 3 N–H and O–H groups in total. The van der Waals surface area contributed by atoms with Gasteiger partial charge < -0.3 is 24.9 Å². The van der Waals surface area contributed by atoms with Gasteiger partial charge in [0.1, 0.15) is 5.82 Å². The number of nitrogens with two attached hydrogens (primary N) is 1. The normalized spacial score (nSPS) is 10.6. The smallest absolute Gasteiger partial charge is 0.277 e. The summed E-state index contributed by atoms with van der Waals surface area (Å²) in [6.07, 6.45) is 0. The number of nitrogens with one attached hydrogen (secondary N) is 1. The number of thioether (sulfide) groups is 1. The molecule has 11 heteroatoms. The fraction of sp³-hybridized carbons (Fsp3) is 0.150. The number of hydrogen-bond donors (Lipinski definition) is 2. The van der Waals surface area contributed by atoms with Crippen molar-refractivity contribution in [3.63, 3.8) is 0 Å². The number of methoxy groups -OCH3 is 2. The summed E-state index contributed by atoms with van der Waals surface area (Å²) in [6, 6.07) is 14.9. The van der Waals surface area contributed by atoms with Crippen LogP contribution in [0.1, 0.15) is 5.82 Å². The van der Waals surface area contributed by atoms with Crippen LogP contribution < -0.4 is 20.5 Å². The van der Waals surface area contributed by atoms with Gasteiger partial charge in [0.2, 0.25) is 17.8 Å². The highest BCUT2D eigenvalue weighted by atomic mass is 32.2. The van der Waals surface area contributed by atoms with Gasteiger partial charge in [-0.05, 0) is 30.3 Å². The summed E-state index contributed by atoms with van der Waals surface area (Å²) in [5.41, 5.74) is 7.40. The second kappa shape index (κ2) is 9.30. The highest BCUT2D eigenvalue weighted by molar-refractivity contribution is 7.98. The molecule has 31 heavy (non-hydrogen) atoms. The molecule has 2 heterocycles. The van der Waals surface area contributed by atoms with Crippen molar-refractivity contribution in [3.8, 4) is 23.0 Å². The zero-order valence-corrected chi connectivity index (χ0v) is 17.6. The number of aromatic nitrogens is 5. The molecule has 0 amide bonds. The second-order valence-corrected chi connectivity index (χ2v) is 7.08. The maximum Gasteiger partial charge on any atom is 0.277 e. The van der Waals surface area contributed by atoms with E-state index in [0.29, 0.717) is 40.1 Å². The van der Waals surface area contributed by atoms with Crippen molar-refractivity contribution in [1.82, 2.24) is 25.1 Å². The van der Waals surface area contributed by atoms with Crippen LogP contribution in [-0.2, 0) is 5.75 Å². The molecule has 2 aromatic carbocycles. The Kier molecular flexibility index (Phi) is 6.13. The number of ether oxygens (including phenoxy) is 2. The molecule has 0 atom stereocenters. The number of para-hydroxylation sites is 1. The van der Waals surface area contributed by atoms with Crippen LogP contribution in [0.15, 0.2) is 58.2 Å². The fourth-order valence-electron chi connectivity index (χ4n) is 2.69. The van der Waals surface area contributed by atoms with Crippen LogP contribution >= 0.6 is 11.8 Å². The summed E-state index contributed by atoms with van der Waals surface area (Å²) in [7, 11) is 3.14. The predicted octanol–water partition coefficient (Wildman–Crippen LogP) is 3.56. The van der Waals surface area contributed by atoms with E-state index >= 15 is 0 Å². The van der Waals surface area contributed by atoms with E-state index in [2.05, 4.69) is 30.5 Å². The molecule has 10 nitrogen and oxygen atoms in total. The predicted molar refractivity (Wildman–Crippen MR) is 116 cm³/mol. The Morgan fingerprint density at radius 2 is 1.77 bits per heavy atom. The molecule has 0 aliphatic rings. The first-order valence-electron chi connectivity index (χ1n) is 9.16. The Morgan fingerprint density at radius 1 is 0.968 bits per heavy atom. The molecule has 0 bridgehead atoms. The third kappa shape index (κ3) is 5.01. The van der Waals surface area contributed by atoms with E-state index in [1.807, 2.05) is 36.4 Å². The van der Waals surface area contributed by atoms with Crippen molar-refractivity contribution in [2.45, 2.75) is 11.0 Å². The number of hydrogen-bond acceptors (Lipinski definition) is 11. The number of anilines is 3. The number of nitrogens with zero attached hydrogens (tertiary/aromatic N) is 5. The van der Waals surface area contributed by atoms with Crippen molar-refractivity contribution in [1.29, 1.82) is 0 Å². The largest absolute Gasteiger partial charge is 0.493 e. The van der Waals surface area contributed by atoms with Gasteiger partial charge in [0.05, 0.1) is 20.0 Å². The molecule has 0 aliphatic carbocycles. The molecule has 0 saturated carbocycles. The zero-order chi connectivity index (χ0) is 21.6. The molecule has 0 saturated heterocycles. The minimum atomic E-state index is 0.126. The summed E-state index contributed by atoms with van der Waals surface area (Å²) in [5.74, 6) is 2.92. The lowest BCUT2D eigenvalue weighted by atomic mass is 10.2. The van der Waals surface area contributed by atoms with Gasteiger partial charge >= 0.3 is 0 Å². The van der Waals surface area contributed by atoms with Crippen molar-refractivity contribution in [3.05, 3.63) is 54.4 Å². The molecule has 0 fully saturated rings. The first-order chi connectivity index (χ1) is 15.1. The summed E-state index contributed by atoms with van der Waals surface area (Å²) >= 11 is 1.30. The first kappa shape index (κ1) is 20.4. The number of benzene rings is 2. The molecule has 158 valence electrons. The Morgan fingerprint density at radius 3 is 2.55 bits per heavy atom. The van der Waals surface area contributed by atoms with E-state index in [9.17, 15) is 0 Å². The molecule has 0 unspecified atom stereocenters. The van der Waals surface area contributed by atoms with E-state index in [4.69, 9.17) is 19.6 Å². The molecule has 0 radical (unpaired) electrons. The average Bonchev–Trinajstić information content (AvgIpc) is 3.26. The minimum Gasteiger partial charge on any atom is -0.493 e. The Bertz CT molecular complexity index is 1170. The molecular weight excluding hydrogens is 418 g/mol. The lowest BCUT2D eigenvalue weighted by Gasteiger charge is -2.07. The van der Waals surface area contributed by atoms with Gasteiger partial charge in [-0.2, -0.15) is 15.0 Å². The van der Waals surface area contributed by atoms with Gasteiger partial charge in [0, 0.05) is 11.3 Å². The summed E-state index contributed by atoms with van der Waals surface area (Å²) in [6.45, 7) is 0. The summed E-state index contributed by atoms with van der Waals surface area (Å²) < 4.78 is 16.3. The summed E-state index contributed by atoms with van der Waals surface area (Å²) in [5, 5.41) is 11.7. The molecular formula is C20H19N7O3S. The monoisotopic (exact) mass is 437 g/mol. The minimum absolute atomic E-state index is 0.126. The molecule has 4 rings (SSSR count). The Balaban J connectivity index is 1.45. The third-order valence-corrected chi connectivity index (χ3v) is 4.91. The van der Waals surface area contributed by atoms with Gasteiger partial charge in [-0.3, -0.25) is 0 Å². The van der Waals surface area contributed by atoms with Crippen molar-refractivity contribution in [2.24, 2.45) is 0 Å².